The van der Waals surface area contributed by atoms with Gasteiger partial charge in [-0.2, -0.15) is 0 Å². The van der Waals surface area contributed by atoms with Gasteiger partial charge in [0.25, 0.3) is 0 Å². The van der Waals surface area contributed by atoms with E-state index in [1.54, 1.807) is 0 Å². The Hall–Kier alpha value is -2.93. The van der Waals surface area contributed by atoms with Gasteiger partial charge in [0, 0.05) is 36.8 Å². The molecule has 7 heteroatoms. The van der Waals surface area contributed by atoms with Gasteiger partial charge in [0.1, 0.15) is 5.82 Å². The smallest absolute Gasteiger partial charge is 0.308 e. The van der Waals surface area contributed by atoms with Crippen LogP contribution in [0, 0.1) is 18.3 Å². The van der Waals surface area contributed by atoms with E-state index in [1.807, 2.05) is 37.3 Å². The molecule has 0 amide bonds. The van der Waals surface area contributed by atoms with Gasteiger partial charge in [-0.05, 0) is 44.2 Å². The molecule has 2 fully saturated rings. The van der Waals surface area contributed by atoms with E-state index in [2.05, 4.69) is 16.0 Å². The van der Waals surface area contributed by atoms with Crippen LogP contribution in [0.3, 0.4) is 0 Å². The van der Waals surface area contributed by atoms with Gasteiger partial charge in [0.05, 0.1) is 25.7 Å². The van der Waals surface area contributed by atoms with E-state index < -0.39 is 0 Å². The highest BCUT2D eigenvalue weighted by atomic mass is 16.5. The van der Waals surface area contributed by atoms with E-state index in [1.165, 1.54) is 18.2 Å². The fraction of sp³-hybridized carbons (Fsp3) is 0.519. The van der Waals surface area contributed by atoms with Gasteiger partial charge in [-0.3, -0.25) is 4.79 Å². The number of rotatable bonds is 7. The van der Waals surface area contributed by atoms with Crippen LogP contribution in [-0.4, -0.2) is 50.1 Å². The van der Waals surface area contributed by atoms with Gasteiger partial charge in [0.15, 0.2) is 0 Å². The molecule has 0 bridgehead atoms. The first-order chi connectivity index (χ1) is 16.5. The number of hydrogen-bond donors (Lipinski definition) is 2. The zero-order valence-corrected chi connectivity index (χ0v) is 20.3. The summed E-state index contributed by atoms with van der Waals surface area (Å²) >= 11 is 0. The Morgan fingerprint density at radius 1 is 1.21 bits per heavy atom. The van der Waals surface area contributed by atoms with Crippen molar-refractivity contribution in [3.05, 3.63) is 53.2 Å². The summed E-state index contributed by atoms with van der Waals surface area (Å²) in [5.41, 5.74) is 10.2. The predicted molar refractivity (Wildman–Crippen MR) is 137 cm³/mol. The number of benzene rings is 1. The summed E-state index contributed by atoms with van der Waals surface area (Å²) < 4.78 is 10.9. The third-order valence-electron chi connectivity index (χ3n) is 6.23. The van der Waals surface area contributed by atoms with Crippen molar-refractivity contribution in [2.75, 3.05) is 43.5 Å². The fourth-order valence-corrected chi connectivity index (χ4v) is 4.37. The highest BCUT2D eigenvalue weighted by molar-refractivity contribution is 5.77. The largest absolute Gasteiger partial charge is 0.465 e. The average Bonchev–Trinajstić information content (AvgIpc) is 2.87. The van der Waals surface area contributed by atoms with Crippen LogP contribution in [0.25, 0.3) is 0 Å². The maximum atomic E-state index is 12.0. The van der Waals surface area contributed by atoms with Crippen molar-refractivity contribution in [3.63, 3.8) is 0 Å². The van der Waals surface area contributed by atoms with Crippen LogP contribution in [0.1, 0.15) is 55.3 Å². The predicted octanol–water partition coefficient (Wildman–Crippen LogP) is 4.55. The molecule has 1 saturated heterocycles. The number of hydrogen-bond acceptors (Lipinski definition) is 7. The number of nitrogen functional groups attached to an aromatic ring is 1. The van der Waals surface area contributed by atoms with Gasteiger partial charge < -0.3 is 25.5 Å². The van der Waals surface area contributed by atoms with Gasteiger partial charge in [-0.15, -0.1) is 0 Å². The Morgan fingerprint density at radius 3 is 2.65 bits per heavy atom. The number of anilines is 2. The number of morpholine rings is 1. The summed E-state index contributed by atoms with van der Waals surface area (Å²) in [6.07, 6.45) is 8.41. The molecule has 184 valence electrons. The zero-order chi connectivity index (χ0) is 24.2. The maximum absolute atomic E-state index is 12.0. The van der Waals surface area contributed by atoms with E-state index in [-0.39, 0.29) is 11.9 Å². The molecular formula is C27H38N4O3. The Balaban J connectivity index is 0.000000302. The number of nitrogens with one attached hydrogen (secondary N) is 1. The second kappa shape index (κ2) is 13.7. The van der Waals surface area contributed by atoms with Crippen molar-refractivity contribution in [2.45, 2.75) is 51.9 Å². The van der Waals surface area contributed by atoms with E-state index in [0.29, 0.717) is 12.4 Å². The minimum Gasteiger partial charge on any atom is -0.465 e. The van der Waals surface area contributed by atoms with Crippen molar-refractivity contribution >= 4 is 23.7 Å². The normalized spacial score (nSPS) is 16.3. The second-order valence-corrected chi connectivity index (χ2v) is 9.01. The first kappa shape index (κ1) is 25.7. The lowest BCUT2D eigenvalue weighted by atomic mass is 9.89. The van der Waals surface area contributed by atoms with Gasteiger partial charge in [-0.1, -0.05) is 49.1 Å². The summed E-state index contributed by atoms with van der Waals surface area (Å²) in [7, 11) is 0. The first-order valence-corrected chi connectivity index (χ1v) is 12.4. The molecule has 0 unspecified atom stereocenters. The van der Waals surface area contributed by atoms with E-state index in [4.69, 9.17) is 20.6 Å². The molecule has 0 atom stereocenters. The summed E-state index contributed by atoms with van der Waals surface area (Å²) in [5.74, 6) is 0.639. The summed E-state index contributed by atoms with van der Waals surface area (Å²) in [5, 5.41) is 6.92. The van der Waals surface area contributed by atoms with Crippen LogP contribution < -0.4 is 10.6 Å². The Labute approximate surface area is 203 Å². The molecule has 1 aromatic heterocycles. The lowest BCUT2D eigenvalue weighted by Crippen LogP contribution is -2.36. The lowest BCUT2D eigenvalue weighted by Gasteiger charge is -2.29. The SMILES string of the molecule is Cc1cccc(C=N)c1.Nc1cc(N2CCOCC2)cc(CCCOC(=O)C2CCCCC2)n1. The van der Waals surface area contributed by atoms with Crippen LogP contribution in [0.4, 0.5) is 11.5 Å². The molecule has 3 N–H and O–H groups in total. The van der Waals surface area contributed by atoms with Crippen molar-refractivity contribution < 1.29 is 14.3 Å². The number of esters is 1. The molecule has 2 aliphatic rings. The van der Waals surface area contributed by atoms with Crippen LogP contribution in [0.5, 0.6) is 0 Å². The molecule has 2 heterocycles. The molecular weight excluding hydrogens is 428 g/mol. The molecule has 0 spiro atoms. The number of ether oxygens (including phenoxy) is 2. The molecule has 1 aliphatic carbocycles. The number of nitrogens with zero attached hydrogens (tertiary/aromatic N) is 2. The minimum absolute atomic E-state index is 0.0192. The molecule has 34 heavy (non-hydrogen) atoms. The van der Waals surface area contributed by atoms with Gasteiger partial charge in [-0.25, -0.2) is 4.98 Å². The number of aryl methyl sites for hydroxylation is 2. The lowest BCUT2D eigenvalue weighted by molar-refractivity contribution is -0.149. The van der Waals surface area contributed by atoms with Crippen molar-refractivity contribution in [2.24, 2.45) is 5.92 Å². The Morgan fingerprint density at radius 2 is 1.97 bits per heavy atom. The quantitative estimate of drug-likeness (QED) is 0.353. The molecule has 4 rings (SSSR count). The minimum atomic E-state index is -0.0192. The highest BCUT2D eigenvalue weighted by Gasteiger charge is 2.22. The summed E-state index contributed by atoms with van der Waals surface area (Å²) in [6, 6.07) is 11.9. The van der Waals surface area contributed by atoms with E-state index in [9.17, 15) is 4.79 Å². The molecule has 1 aromatic carbocycles. The second-order valence-electron chi connectivity index (χ2n) is 9.01. The average molecular weight is 467 g/mol. The van der Waals surface area contributed by atoms with Crippen LogP contribution in [0.2, 0.25) is 0 Å². The molecule has 7 nitrogen and oxygen atoms in total. The number of carbonyl (C=O) groups is 1. The van der Waals surface area contributed by atoms with Gasteiger partial charge in [0.2, 0.25) is 0 Å². The third kappa shape index (κ3) is 8.45. The zero-order valence-electron chi connectivity index (χ0n) is 20.3. The maximum Gasteiger partial charge on any atom is 0.308 e. The molecule has 1 aliphatic heterocycles. The van der Waals surface area contributed by atoms with Crippen molar-refractivity contribution in [1.82, 2.24) is 4.98 Å². The van der Waals surface area contributed by atoms with Crippen LogP contribution in [-0.2, 0) is 20.7 Å². The standard InChI is InChI=1S/C19H29N3O3.C8H9N/c20-18-14-17(22-8-11-24-12-9-22)13-16(21-18)7-4-10-25-19(23)15-5-2-1-3-6-15;1-7-3-2-4-8(5-7)6-9/h13-15H,1-12H2,(H2,20,21);2-6,9H,1H3. The van der Waals surface area contributed by atoms with Crippen LogP contribution >= 0.6 is 0 Å². The fourth-order valence-electron chi connectivity index (χ4n) is 4.37. The molecule has 2 aromatic rings. The number of carbonyl (C=O) groups excluding carboxylic acids is 1. The van der Waals surface area contributed by atoms with Crippen molar-refractivity contribution in [3.8, 4) is 0 Å². The highest BCUT2D eigenvalue weighted by Crippen LogP contribution is 2.25. The van der Waals surface area contributed by atoms with E-state index in [0.717, 1.165) is 81.8 Å². The molecule has 1 saturated carbocycles. The third-order valence-corrected chi connectivity index (χ3v) is 6.23. The monoisotopic (exact) mass is 466 g/mol. The summed E-state index contributed by atoms with van der Waals surface area (Å²) in [6.45, 7) is 5.72. The van der Waals surface area contributed by atoms with Gasteiger partial charge >= 0.3 is 5.97 Å². The van der Waals surface area contributed by atoms with E-state index >= 15 is 0 Å². The topological polar surface area (TPSA) is 102 Å². The molecule has 0 radical (unpaired) electrons. The Kier molecular flexibility index (Phi) is 10.3. The number of pyridine rings is 1. The number of aromatic nitrogens is 1. The first-order valence-electron chi connectivity index (χ1n) is 12.4. The number of nitrogens with two attached hydrogens (primary N) is 1. The Bertz CT molecular complexity index is 922. The van der Waals surface area contributed by atoms with Crippen LogP contribution in [0.15, 0.2) is 36.4 Å². The van der Waals surface area contributed by atoms with Crippen molar-refractivity contribution in [1.29, 1.82) is 5.41 Å². The summed E-state index contributed by atoms with van der Waals surface area (Å²) in [4.78, 5) is 18.7.